The third kappa shape index (κ3) is 4.33. The average molecular weight is 383 g/mol. The van der Waals surface area contributed by atoms with E-state index in [9.17, 15) is 5.11 Å². The zero-order valence-electron chi connectivity index (χ0n) is 16.7. The molecule has 1 aliphatic heterocycles. The van der Waals surface area contributed by atoms with Gasteiger partial charge in [0.05, 0.1) is 12.7 Å². The van der Waals surface area contributed by atoms with E-state index in [1.165, 1.54) is 16.7 Å². The van der Waals surface area contributed by atoms with Crippen LogP contribution in [0.4, 0.5) is 0 Å². The molecule has 2 heteroatoms. The molecule has 0 saturated carbocycles. The lowest BCUT2D eigenvalue weighted by Gasteiger charge is -2.28. The summed E-state index contributed by atoms with van der Waals surface area (Å²) >= 11 is 0. The van der Waals surface area contributed by atoms with Gasteiger partial charge in [-0.15, -0.1) is 0 Å². The largest absolute Gasteiger partial charge is 0.492 e. The Morgan fingerprint density at radius 3 is 2.38 bits per heavy atom. The molecule has 0 spiro atoms. The van der Waals surface area contributed by atoms with E-state index in [2.05, 4.69) is 55.5 Å². The van der Waals surface area contributed by atoms with E-state index in [1.807, 2.05) is 48.5 Å². The van der Waals surface area contributed by atoms with Gasteiger partial charge in [-0.2, -0.15) is 0 Å². The van der Waals surface area contributed by atoms with Crippen molar-refractivity contribution in [3.8, 4) is 5.75 Å². The summed E-state index contributed by atoms with van der Waals surface area (Å²) in [6.07, 6.45) is 4.36. The van der Waals surface area contributed by atoms with Gasteiger partial charge in [-0.25, -0.2) is 0 Å². The number of ether oxygens (including phenoxy) is 1. The Kier molecular flexibility index (Phi) is 5.92. The molecule has 0 bridgehead atoms. The van der Waals surface area contributed by atoms with E-state index < -0.39 is 6.10 Å². The molecule has 0 aliphatic carbocycles. The second-order valence-electron chi connectivity index (χ2n) is 7.41. The smallest absolute Gasteiger partial charge is 0.126 e. The van der Waals surface area contributed by atoms with E-state index in [0.717, 1.165) is 16.9 Å². The molecule has 2 nitrogen and oxygen atoms in total. The Bertz CT molecular complexity index is 1000. The van der Waals surface area contributed by atoms with Crippen LogP contribution in [0.5, 0.6) is 5.75 Å². The number of hydrogen-bond acceptors (Lipinski definition) is 2. The van der Waals surface area contributed by atoms with Crippen molar-refractivity contribution < 1.29 is 9.84 Å². The highest BCUT2D eigenvalue weighted by Crippen LogP contribution is 2.41. The second-order valence-corrected chi connectivity index (χ2v) is 7.41. The van der Waals surface area contributed by atoms with Crippen LogP contribution in [0.15, 0.2) is 97.1 Å². The molecule has 0 unspecified atom stereocenters. The van der Waals surface area contributed by atoms with Crippen molar-refractivity contribution in [2.45, 2.75) is 19.4 Å². The van der Waals surface area contributed by atoms with E-state index in [4.69, 9.17) is 4.74 Å². The quantitative estimate of drug-likeness (QED) is 0.524. The molecule has 1 N–H and O–H groups in total. The zero-order chi connectivity index (χ0) is 20.1. The van der Waals surface area contributed by atoms with Gasteiger partial charge in [0.25, 0.3) is 0 Å². The van der Waals surface area contributed by atoms with Crippen LogP contribution >= 0.6 is 0 Å². The number of benzene rings is 3. The maximum atomic E-state index is 10.5. The van der Waals surface area contributed by atoms with Crippen LogP contribution < -0.4 is 4.74 Å². The normalized spacial score (nSPS) is 18.8. The summed E-state index contributed by atoms with van der Waals surface area (Å²) in [6.45, 7) is 2.79. The molecule has 2 atom stereocenters. The fourth-order valence-electron chi connectivity index (χ4n) is 3.94. The van der Waals surface area contributed by atoms with Gasteiger partial charge in [0, 0.05) is 11.5 Å². The maximum Gasteiger partial charge on any atom is 0.126 e. The van der Waals surface area contributed by atoms with Crippen molar-refractivity contribution in [3.63, 3.8) is 0 Å². The number of para-hydroxylation sites is 1. The monoisotopic (exact) mass is 382 g/mol. The van der Waals surface area contributed by atoms with Crippen LogP contribution in [0.2, 0.25) is 0 Å². The van der Waals surface area contributed by atoms with Crippen LogP contribution in [0.25, 0.3) is 11.1 Å². The third-order valence-electron chi connectivity index (χ3n) is 5.49. The van der Waals surface area contributed by atoms with Crippen molar-refractivity contribution in [3.05, 3.63) is 114 Å². The Labute approximate surface area is 172 Å². The van der Waals surface area contributed by atoms with E-state index in [1.54, 1.807) is 0 Å². The summed E-state index contributed by atoms with van der Waals surface area (Å²) < 4.78 is 6.05. The average Bonchev–Trinajstić information content (AvgIpc) is 2.79. The number of hydrogen-bond donors (Lipinski definition) is 1. The molecule has 1 aliphatic rings. The number of fused-ring (bicyclic) bond motifs is 1. The highest BCUT2D eigenvalue weighted by Gasteiger charge is 2.25. The van der Waals surface area contributed by atoms with Gasteiger partial charge in [-0.05, 0) is 41.7 Å². The maximum absolute atomic E-state index is 10.5. The molecule has 0 saturated heterocycles. The van der Waals surface area contributed by atoms with E-state index in [0.29, 0.717) is 13.0 Å². The van der Waals surface area contributed by atoms with Crippen molar-refractivity contribution in [1.82, 2.24) is 0 Å². The summed E-state index contributed by atoms with van der Waals surface area (Å²) in [7, 11) is 0. The molecule has 0 amide bonds. The van der Waals surface area contributed by atoms with Crippen molar-refractivity contribution in [2.24, 2.45) is 5.92 Å². The lowest BCUT2D eigenvalue weighted by Crippen LogP contribution is -2.19. The van der Waals surface area contributed by atoms with Crippen LogP contribution in [-0.4, -0.2) is 11.7 Å². The highest BCUT2D eigenvalue weighted by molar-refractivity contribution is 5.93. The fraction of sp³-hybridized carbons (Fsp3) is 0.185. The van der Waals surface area contributed by atoms with E-state index >= 15 is 0 Å². The van der Waals surface area contributed by atoms with Crippen molar-refractivity contribution in [2.75, 3.05) is 6.61 Å². The minimum absolute atomic E-state index is 0.146. The molecule has 0 fully saturated rings. The first-order chi connectivity index (χ1) is 14.2. The van der Waals surface area contributed by atoms with Crippen LogP contribution in [0.1, 0.15) is 36.1 Å². The summed E-state index contributed by atoms with van der Waals surface area (Å²) in [5, 5.41) is 10.5. The molecule has 4 rings (SSSR count). The minimum Gasteiger partial charge on any atom is -0.492 e. The predicted octanol–water partition coefficient (Wildman–Crippen LogP) is 6.31. The van der Waals surface area contributed by atoms with Crippen molar-refractivity contribution in [1.29, 1.82) is 0 Å². The minimum atomic E-state index is -0.494. The van der Waals surface area contributed by atoms with Crippen LogP contribution in [-0.2, 0) is 0 Å². The first kappa shape index (κ1) is 19.2. The molecular weight excluding hydrogens is 356 g/mol. The first-order valence-electron chi connectivity index (χ1n) is 10.1. The molecular formula is C27H26O2. The Hall–Kier alpha value is -3.10. The number of allylic oxidation sites excluding steroid dienone is 1. The summed E-state index contributed by atoms with van der Waals surface area (Å²) in [4.78, 5) is 0. The molecule has 1 heterocycles. The summed E-state index contributed by atoms with van der Waals surface area (Å²) in [5.74, 6) is 1.08. The first-order valence-corrected chi connectivity index (χ1v) is 10.1. The molecule has 0 aromatic heterocycles. The lowest BCUT2D eigenvalue weighted by atomic mass is 9.84. The van der Waals surface area contributed by atoms with Gasteiger partial charge in [-0.1, -0.05) is 91.0 Å². The fourth-order valence-corrected chi connectivity index (χ4v) is 3.94. The Morgan fingerprint density at radius 2 is 1.62 bits per heavy atom. The predicted molar refractivity (Wildman–Crippen MR) is 120 cm³/mol. The molecule has 29 heavy (non-hydrogen) atoms. The third-order valence-corrected chi connectivity index (χ3v) is 5.49. The van der Waals surface area contributed by atoms with Gasteiger partial charge >= 0.3 is 0 Å². The van der Waals surface area contributed by atoms with Gasteiger partial charge in [0.2, 0.25) is 0 Å². The highest BCUT2D eigenvalue weighted by atomic mass is 16.5. The second kappa shape index (κ2) is 8.93. The Balaban J connectivity index is 1.63. The molecule has 0 radical (unpaired) electrons. The van der Waals surface area contributed by atoms with Crippen molar-refractivity contribution >= 4 is 11.1 Å². The van der Waals surface area contributed by atoms with Gasteiger partial charge in [0.1, 0.15) is 5.75 Å². The zero-order valence-corrected chi connectivity index (χ0v) is 16.7. The standard InChI is InChI=1S/C27H26O2/c1-20(21-11-4-2-5-12-21)27-23(19-29-26-18-9-8-16-24(26)27)15-10-17-25(28)22-13-6-3-7-14-22/h2-16,18,23,25,28H,17,19H2,1H3/b15-10+,27-20-/t23-,25-/m1/s1. The lowest BCUT2D eigenvalue weighted by molar-refractivity contribution is 0.181. The molecule has 3 aromatic carbocycles. The Morgan fingerprint density at radius 1 is 0.966 bits per heavy atom. The molecule has 3 aromatic rings. The SMILES string of the molecule is C/C(=C1/c2ccccc2OC[C@H]1/C=C/C[C@@H](O)c1ccccc1)c1ccccc1. The summed E-state index contributed by atoms with van der Waals surface area (Å²) in [6, 6.07) is 28.5. The molecule has 146 valence electrons. The number of aliphatic hydroxyl groups excluding tert-OH is 1. The van der Waals surface area contributed by atoms with E-state index in [-0.39, 0.29) is 5.92 Å². The number of aliphatic hydroxyl groups is 1. The van der Waals surface area contributed by atoms with Crippen LogP contribution in [0.3, 0.4) is 0 Å². The number of rotatable bonds is 5. The van der Waals surface area contributed by atoms with Gasteiger partial charge in [0.15, 0.2) is 0 Å². The van der Waals surface area contributed by atoms with Crippen LogP contribution in [0, 0.1) is 5.92 Å². The summed E-state index contributed by atoms with van der Waals surface area (Å²) in [5.41, 5.74) is 5.88. The topological polar surface area (TPSA) is 29.5 Å². The van der Waals surface area contributed by atoms with Gasteiger partial charge < -0.3 is 9.84 Å². The van der Waals surface area contributed by atoms with Gasteiger partial charge in [-0.3, -0.25) is 0 Å².